The first-order valence-corrected chi connectivity index (χ1v) is 5.45. The second kappa shape index (κ2) is 3.66. The Morgan fingerprint density at radius 3 is 3.00 bits per heavy atom. The standard InChI is InChI=1S/C13H12N2O2/c1-9-4-5-11-12(7-9)15(13(16)14-11)8-10-3-2-6-17-10/h2-7H,8H2,1H3,(H,14,16). The van der Waals surface area contributed by atoms with Gasteiger partial charge in [0.25, 0.3) is 0 Å². The number of aromatic amines is 1. The van der Waals surface area contributed by atoms with Crippen LogP contribution in [0.1, 0.15) is 11.3 Å². The Labute approximate surface area is 97.5 Å². The maximum Gasteiger partial charge on any atom is 0.326 e. The summed E-state index contributed by atoms with van der Waals surface area (Å²) in [5, 5.41) is 0. The van der Waals surface area contributed by atoms with Crippen LogP contribution in [0.2, 0.25) is 0 Å². The molecule has 0 bridgehead atoms. The van der Waals surface area contributed by atoms with Crippen LogP contribution in [-0.4, -0.2) is 9.55 Å². The molecule has 4 nitrogen and oxygen atoms in total. The molecule has 3 aromatic rings. The number of fused-ring (bicyclic) bond motifs is 1. The SMILES string of the molecule is Cc1ccc2[nH]c(=O)n(Cc3ccco3)c2c1. The van der Waals surface area contributed by atoms with Gasteiger partial charge in [0.05, 0.1) is 23.8 Å². The van der Waals surface area contributed by atoms with E-state index in [-0.39, 0.29) is 5.69 Å². The molecule has 0 saturated carbocycles. The molecular weight excluding hydrogens is 216 g/mol. The Balaban J connectivity index is 2.17. The van der Waals surface area contributed by atoms with E-state index in [1.807, 2.05) is 37.3 Å². The van der Waals surface area contributed by atoms with Crippen LogP contribution in [0.15, 0.2) is 45.8 Å². The Kier molecular flexibility index (Phi) is 2.14. The lowest BCUT2D eigenvalue weighted by atomic mass is 10.2. The molecule has 0 atom stereocenters. The summed E-state index contributed by atoms with van der Waals surface area (Å²) in [5.74, 6) is 0.773. The minimum absolute atomic E-state index is 0.109. The molecular formula is C13H12N2O2. The first kappa shape index (κ1) is 9.96. The maximum atomic E-state index is 11.8. The average molecular weight is 228 g/mol. The lowest BCUT2D eigenvalue weighted by Gasteiger charge is -2.01. The Hall–Kier alpha value is -2.23. The van der Waals surface area contributed by atoms with Gasteiger partial charge in [-0.15, -0.1) is 0 Å². The molecule has 0 spiro atoms. The first-order chi connectivity index (χ1) is 8.24. The fourth-order valence-electron chi connectivity index (χ4n) is 1.98. The highest BCUT2D eigenvalue weighted by Gasteiger charge is 2.08. The van der Waals surface area contributed by atoms with Crippen molar-refractivity contribution in [1.29, 1.82) is 0 Å². The molecule has 0 radical (unpaired) electrons. The summed E-state index contributed by atoms with van der Waals surface area (Å²) in [5.41, 5.74) is 2.78. The van der Waals surface area contributed by atoms with Crippen LogP contribution in [0.25, 0.3) is 11.0 Å². The molecule has 86 valence electrons. The van der Waals surface area contributed by atoms with Gasteiger partial charge in [-0.05, 0) is 36.8 Å². The Morgan fingerprint density at radius 1 is 1.35 bits per heavy atom. The minimum atomic E-state index is -0.109. The van der Waals surface area contributed by atoms with Crippen LogP contribution in [0.3, 0.4) is 0 Å². The van der Waals surface area contributed by atoms with Crippen molar-refractivity contribution in [2.24, 2.45) is 0 Å². The molecule has 0 saturated heterocycles. The van der Waals surface area contributed by atoms with Gasteiger partial charge in [0, 0.05) is 0 Å². The highest BCUT2D eigenvalue weighted by atomic mass is 16.3. The second-order valence-electron chi connectivity index (χ2n) is 4.12. The molecule has 17 heavy (non-hydrogen) atoms. The predicted molar refractivity (Wildman–Crippen MR) is 65.1 cm³/mol. The van der Waals surface area contributed by atoms with E-state index in [9.17, 15) is 4.79 Å². The number of aromatic nitrogens is 2. The van der Waals surface area contributed by atoms with Crippen molar-refractivity contribution in [2.45, 2.75) is 13.5 Å². The fourth-order valence-corrected chi connectivity index (χ4v) is 1.98. The topological polar surface area (TPSA) is 50.9 Å². The van der Waals surface area contributed by atoms with E-state index in [0.717, 1.165) is 22.4 Å². The van der Waals surface area contributed by atoms with E-state index in [0.29, 0.717) is 6.54 Å². The van der Waals surface area contributed by atoms with Crippen molar-refractivity contribution >= 4 is 11.0 Å². The van der Waals surface area contributed by atoms with Crippen LogP contribution in [-0.2, 0) is 6.54 Å². The van der Waals surface area contributed by atoms with Gasteiger partial charge in [0.2, 0.25) is 0 Å². The summed E-state index contributed by atoms with van der Waals surface area (Å²) in [6.07, 6.45) is 1.61. The number of H-pyrrole nitrogens is 1. The van der Waals surface area contributed by atoms with E-state index in [2.05, 4.69) is 4.98 Å². The van der Waals surface area contributed by atoms with Crippen molar-refractivity contribution in [3.05, 3.63) is 58.4 Å². The van der Waals surface area contributed by atoms with Gasteiger partial charge < -0.3 is 9.40 Å². The van der Waals surface area contributed by atoms with Crippen LogP contribution >= 0.6 is 0 Å². The highest BCUT2D eigenvalue weighted by molar-refractivity contribution is 5.76. The van der Waals surface area contributed by atoms with E-state index >= 15 is 0 Å². The number of imidazole rings is 1. The molecule has 0 aliphatic heterocycles. The summed E-state index contributed by atoms with van der Waals surface area (Å²) >= 11 is 0. The molecule has 2 heterocycles. The maximum absolute atomic E-state index is 11.8. The quantitative estimate of drug-likeness (QED) is 0.731. The van der Waals surface area contributed by atoms with Gasteiger partial charge in [0.15, 0.2) is 0 Å². The largest absolute Gasteiger partial charge is 0.467 e. The lowest BCUT2D eigenvalue weighted by Crippen LogP contribution is -2.16. The molecule has 1 N–H and O–H groups in total. The molecule has 3 rings (SSSR count). The summed E-state index contributed by atoms with van der Waals surface area (Å²) in [6, 6.07) is 9.58. The first-order valence-electron chi connectivity index (χ1n) is 5.45. The summed E-state index contributed by atoms with van der Waals surface area (Å²) in [7, 11) is 0. The van der Waals surface area contributed by atoms with E-state index < -0.39 is 0 Å². The van der Waals surface area contributed by atoms with Crippen LogP contribution in [0.4, 0.5) is 0 Å². The number of furan rings is 1. The number of nitrogens with one attached hydrogen (secondary N) is 1. The molecule has 1 aromatic carbocycles. The predicted octanol–water partition coefficient (Wildman–Crippen LogP) is 2.28. The second-order valence-corrected chi connectivity index (χ2v) is 4.12. The van der Waals surface area contributed by atoms with Gasteiger partial charge in [-0.3, -0.25) is 4.57 Å². The molecule has 0 amide bonds. The van der Waals surface area contributed by atoms with Crippen molar-refractivity contribution in [3.8, 4) is 0 Å². The van der Waals surface area contributed by atoms with Crippen molar-refractivity contribution in [3.63, 3.8) is 0 Å². The van der Waals surface area contributed by atoms with Crippen LogP contribution in [0.5, 0.6) is 0 Å². The lowest BCUT2D eigenvalue weighted by molar-refractivity contribution is 0.493. The number of hydrogen-bond donors (Lipinski definition) is 1. The van der Waals surface area contributed by atoms with Gasteiger partial charge in [0.1, 0.15) is 5.76 Å². The third-order valence-corrected chi connectivity index (χ3v) is 2.82. The molecule has 2 aromatic heterocycles. The van der Waals surface area contributed by atoms with Crippen LogP contribution in [0, 0.1) is 6.92 Å². The number of aryl methyl sites for hydroxylation is 1. The normalized spacial score (nSPS) is 11.1. The average Bonchev–Trinajstić information content (AvgIpc) is 2.90. The van der Waals surface area contributed by atoms with Gasteiger partial charge >= 0.3 is 5.69 Å². The molecule has 0 unspecified atom stereocenters. The fraction of sp³-hybridized carbons (Fsp3) is 0.154. The smallest absolute Gasteiger partial charge is 0.326 e. The highest BCUT2D eigenvalue weighted by Crippen LogP contribution is 2.14. The molecule has 4 heteroatoms. The third-order valence-electron chi connectivity index (χ3n) is 2.82. The van der Waals surface area contributed by atoms with E-state index in [4.69, 9.17) is 4.42 Å². The summed E-state index contributed by atoms with van der Waals surface area (Å²) in [4.78, 5) is 14.7. The van der Waals surface area contributed by atoms with Crippen LogP contribution < -0.4 is 5.69 Å². The number of hydrogen-bond acceptors (Lipinski definition) is 2. The number of rotatable bonds is 2. The Morgan fingerprint density at radius 2 is 2.24 bits per heavy atom. The number of nitrogens with zero attached hydrogens (tertiary/aromatic N) is 1. The molecule has 0 fully saturated rings. The summed E-state index contributed by atoms with van der Waals surface area (Å²) < 4.78 is 6.95. The minimum Gasteiger partial charge on any atom is -0.467 e. The third kappa shape index (κ3) is 1.67. The van der Waals surface area contributed by atoms with Crippen molar-refractivity contribution < 1.29 is 4.42 Å². The van der Waals surface area contributed by atoms with Gasteiger partial charge in [-0.1, -0.05) is 6.07 Å². The molecule has 0 aliphatic rings. The van der Waals surface area contributed by atoms with Gasteiger partial charge in [-0.2, -0.15) is 0 Å². The molecule has 0 aliphatic carbocycles. The monoisotopic (exact) mass is 228 g/mol. The zero-order chi connectivity index (χ0) is 11.8. The van der Waals surface area contributed by atoms with Gasteiger partial charge in [-0.25, -0.2) is 4.79 Å². The zero-order valence-corrected chi connectivity index (χ0v) is 9.43. The number of benzene rings is 1. The van der Waals surface area contributed by atoms with E-state index in [1.54, 1.807) is 10.8 Å². The zero-order valence-electron chi connectivity index (χ0n) is 9.43. The van der Waals surface area contributed by atoms with Crippen molar-refractivity contribution in [1.82, 2.24) is 9.55 Å². The van der Waals surface area contributed by atoms with E-state index in [1.165, 1.54) is 0 Å². The Bertz CT molecular complexity index is 705. The summed E-state index contributed by atoms with van der Waals surface area (Å²) in [6.45, 7) is 2.46. The van der Waals surface area contributed by atoms with Crippen molar-refractivity contribution in [2.75, 3.05) is 0 Å².